The maximum absolute atomic E-state index is 9.49. The lowest BCUT2D eigenvalue weighted by Gasteiger charge is -2.44. The van der Waals surface area contributed by atoms with Crippen LogP contribution < -0.4 is 0 Å². The number of rotatable bonds is 4. The Balaban J connectivity index is 2.11. The Morgan fingerprint density at radius 1 is 1.10 bits per heavy atom. The van der Waals surface area contributed by atoms with Gasteiger partial charge in [0.05, 0.1) is 18.1 Å². The Kier molecular flexibility index (Phi) is 4.71. The molecule has 2 fully saturated rings. The Bertz CT molecular complexity index is 405. The fraction of sp³-hybridized carbons (Fsp3) is 0.882. The summed E-state index contributed by atoms with van der Waals surface area (Å²) >= 11 is 0. The molecule has 0 aliphatic heterocycles. The van der Waals surface area contributed by atoms with E-state index in [2.05, 4.69) is 37.8 Å². The highest BCUT2D eigenvalue weighted by Crippen LogP contribution is 2.43. The molecule has 0 aromatic heterocycles. The van der Waals surface area contributed by atoms with Gasteiger partial charge in [-0.1, -0.05) is 20.8 Å². The molecule has 2 rings (SSSR count). The van der Waals surface area contributed by atoms with Crippen molar-refractivity contribution in [3.63, 3.8) is 0 Å². The van der Waals surface area contributed by atoms with Crippen molar-refractivity contribution in [2.75, 3.05) is 6.54 Å². The first-order chi connectivity index (χ1) is 9.47. The predicted molar refractivity (Wildman–Crippen MR) is 79.6 cm³/mol. The standard InChI is InChI=1S/C17H27N3/c1-17(2,3)14-6-5-13(12-19)16(11-14)20(10-4-9-18)15-7-8-15/h13-16H,4-8,10-11H2,1-3H3. The van der Waals surface area contributed by atoms with Crippen LogP contribution in [0.2, 0.25) is 0 Å². The maximum atomic E-state index is 9.49. The molecule has 0 bridgehead atoms. The van der Waals surface area contributed by atoms with E-state index in [1.165, 1.54) is 19.3 Å². The van der Waals surface area contributed by atoms with E-state index in [1.54, 1.807) is 0 Å². The van der Waals surface area contributed by atoms with Gasteiger partial charge in [0.2, 0.25) is 0 Å². The van der Waals surface area contributed by atoms with E-state index < -0.39 is 0 Å². The first-order valence-electron chi connectivity index (χ1n) is 7.99. The van der Waals surface area contributed by atoms with Crippen LogP contribution in [0.5, 0.6) is 0 Å². The fourth-order valence-electron chi connectivity index (χ4n) is 3.65. The van der Waals surface area contributed by atoms with E-state index in [0.29, 0.717) is 29.8 Å². The van der Waals surface area contributed by atoms with E-state index in [0.717, 1.165) is 19.4 Å². The summed E-state index contributed by atoms with van der Waals surface area (Å²) < 4.78 is 0. The van der Waals surface area contributed by atoms with Gasteiger partial charge in [-0.25, -0.2) is 0 Å². The minimum Gasteiger partial charge on any atom is -0.295 e. The second-order valence-electron chi connectivity index (χ2n) is 7.56. The van der Waals surface area contributed by atoms with Crippen LogP contribution in [-0.2, 0) is 0 Å². The fourth-order valence-corrected chi connectivity index (χ4v) is 3.65. The van der Waals surface area contributed by atoms with Crippen molar-refractivity contribution >= 4 is 0 Å². The average molecular weight is 273 g/mol. The summed E-state index contributed by atoms with van der Waals surface area (Å²) in [7, 11) is 0. The Labute approximate surface area is 123 Å². The topological polar surface area (TPSA) is 50.8 Å². The SMILES string of the molecule is CC(C)(C)C1CCC(C#N)C(N(CCC#N)C2CC2)C1. The predicted octanol–water partition coefficient (Wildman–Crippen LogP) is 3.72. The molecule has 3 unspecified atom stereocenters. The highest BCUT2D eigenvalue weighted by atomic mass is 15.2. The Morgan fingerprint density at radius 2 is 1.80 bits per heavy atom. The van der Waals surface area contributed by atoms with Crippen LogP contribution in [0, 0.1) is 39.9 Å². The van der Waals surface area contributed by atoms with Crippen LogP contribution >= 0.6 is 0 Å². The van der Waals surface area contributed by atoms with Gasteiger partial charge in [0, 0.05) is 25.0 Å². The number of nitriles is 2. The smallest absolute Gasteiger partial charge is 0.0672 e. The molecule has 3 nitrogen and oxygen atoms in total. The van der Waals surface area contributed by atoms with E-state index >= 15 is 0 Å². The molecule has 2 aliphatic rings. The molecule has 0 spiro atoms. The van der Waals surface area contributed by atoms with Crippen LogP contribution in [0.3, 0.4) is 0 Å². The minimum absolute atomic E-state index is 0.160. The van der Waals surface area contributed by atoms with Gasteiger partial charge in [-0.2, -0.15) is 10.5 Å². The Hall–Kier alpha value is -1.06. The quantitative estimate of drug-likeness (QED) is 0.784. The zero-order valence-electron chi connectivity index (χ0n) is 13.1. The molecule has 2 aliphatic carbocycles. The molecule has 0 aromatic carbocycles. The summed E-state index contributed by atoms with van der Waals surface area (Å²) in [6, 6.07) is 5.83. The van der Waals surface area contributed by atoms with E-state index in [4.69, 9.17) is 5.26 Å². The highest BCUT2D eigenvalue weighted by molar-refractivity contribution is 5.02. The molecular weight excluding hydrogens is 246 g/mol. The van der Waals surface area contributed by atoms with Gasteiger partial charge in [0.25, 0.3) is 0 Å². The summed E-state index contributed by atoms with van der Waals surface area (Å²) in [4.78, 5) is 2.50. The van der Waals surface area contributed by atoms with Crippen LogP contribution in [0.25, 0.3) is 0 Å². The van der Waals surface area contributed by atoms with E-state index in [9.17, 15) is 5.26 Å². The second-order valence-corrected chi connectivity index (χ2v) is 7.56. The van der Waals surface area contributed by atoms with Gasteiger partial charge in [-0.05, 0) is 43.4 Å². The number of hydrogen-bond acceptors (Lipinski definition) is 3. The molecule has 0 heterocycles. The zero-order valence-corrected chi connectivity index (χ0v) is 13.1. The van der Waals surface area contributed by atoms with Crippen LogP contribution in [0.1, 0.15) is 59.3 Å². The molecule has 0 N–H and O–H groups in total. The lowest BCUT2D eigenvalue weighted by Crippen LogP contribution is -2.47. The molecule has 3 heteroatoms. The molecule has 0 aromatic rings. The van der Waals surface area contributed by atoms with Crippen molar-refractivity contribution in [2.45, 2.75) is 71.4 Å². The number of nitrogens with zero attached hydrogens (tertiary/aromatic N) is 3. The summed E-state index contributed by atoms with van der Waals surface area (Å²) in [5, 5.41) is 18.4. The van der Waals surface area contributed by atoms with Gasteiger partial charge in [0.15, 0.2) is 0 Å². The van der Waals surface area contributed by atoms with Gasteiger partial charge in [0.1, 0.15) is 0 Å². The third kappa shape index (κ3) is 3.53. The minimum atomic E-state index is 0.160. The van der Waals surface area contributed by atoms with Crippen molar-refractivity contribution in [3.05, 3.63) is 0 Å². The summed E-state index contributed by atoms with van der Waals surface area (Å²) in [6.07, 6.45) is 6.42. The first kappa shape index (κ1) is 15.3. The van der Waals surface area contributed by atoms with Gasteiger partial charge < -0.3 is 0 Å². The molecule has 0 saturated heterocycles. The van der Waals surface area contributed by atoms with Gasteiger partial charge >= 0.3 is 0 Å². The molecular formula is C17H27N3. The largest absolute Gasteiger partial charge is 0.295 e. The third-order valence-electron chi connectivity index (χ3n) is 5.13. The molecule has 20 heavy (non-hydrogen) atoms. The zero-order chi connectivity index (χ0) is 14.8. The average Bonchev–Trinajstić information content (AvgIpc) is 3.22. The molecule has 110 valence electrons. The first-order valence-corrected chi connectivity index (χ1v) is 7.99. The van der Waals surface area contributed by atoms with Crippen molar-refractivity contribution in [1.82, 2.24) is 4.90 Å². The number of hydrogen-bond donors (Lipinski definition) is 0. The molecule has 2 saturated carbocycles. The van der Waals surface area contributed by atoms with Crippen LogP contribution in [-0.4, -0.2) is 23.5 Å². The lowest BCUT2D eigenvalue weighted by molar-refractivity contribution is 0.0565. The molecule has 0 radical (unpaired) electrons. The highest BCUT2D eigenvalue weighted by Gasteiger charge is 2.42. The Morgan fingerprint density at radius 3 is 2.30 bits per heavy atom. The monoisotopic (exact) mass is 273 g/mol. The summed E-state index contributed by atoms with van der Waals surface area (Å²) in [6.45, 7) is 7.80. The van der Waals surface area contributed by atoms with Gasteiger partial charge in [-0.3, -0.25) is 4.90 Å². The van der Waals surface area contributed by atoms with Crippen LogP contribution in [0.15, 0.2) is 0 Å². The van der Waals surface area contributed by atoms with Gasteiger partial charge in [-0.15, -0.1) is 0 Å². The second kappa shape index (κ2) is 6.15. The normalized spacial score (nSPS) is 30.8. The van der Waals surface area contributed by atoms with Crippen molar-refractivity contribution in [3.8, 4) is 12.1 Å². The molecule has 3 atom stereocenters. The van der Waals surface area contributed by atoms with Crippen molar-refractivity contribution in [2.24, 2.45) is 17.3 Å². The van der Waals surface area contributed by atoms with Crippen molar-refractivity contribution in [1.29, 1.82) is 10.5 Å². The summed E-state index contributed by atoms with van der Waals surface area (Å²) in [5.41, 5.74) is 0.323. The molecule has 0 amide bonds. The third-order valence-corrected chi connectivity index (χ3v) is 5.13. The lowest BCUT2D eigenvalue weighted by atomic mass is 9.67. The van der Waals surface area contributed by atoms with Crippen LogP contribution in [0.4, 0.5) is 0 Å². The van der Waals surface area contributed by atoms with E-state index in [1.807, 2.05) is 0 Å². The summed E-state index contributed by atoms with van der Waals surface area (Å²) in [5.74, 6) is 0.855. The maximum Gasteiger partial charge on any atom is 0.0672 e. The van der Waals surface area contributed by atoms with Crippen molar-refractivity contribution < 1.29 is 0 Å². The van der Waals surface area contributed by atoms with E-state index in [-0.39, 0.29) is 5.92 Å².